The predicted molar refractivity (Wildman–Crippen MR) is 79.1 cm³/mol. The molecule has 2 aliphatic carbocycles. The van der Waals surface area contributed by atoms with Crippen molar-refractivity contribution in [2.45, 2.75) is 101 Å². The molecule has 1 saturated heterocycles. The Morgan fingerprint density at radius 2 is 1.58 bits per heavy atom. The predicted octanol–water partition coefficient (Wildman–Crippen LogP) is 4.17. The molecular formula is C17H31NO. The molecule has 0 aromatic heterocycles. The number of hydrogen-bond donors (Lipinski definition) is 1. The Hall–Kier alpha value is -0.0800. The van der Waals surface area contributed by atoms with Crippen molar-refractivity contribution in [2.75, 3.05) is 0 Å². The summed E-state index contributed by atoms with van der Waals surface area (Å²) in [6, 6.07) is 0.439. The molecule has 2 N–H and O–H groups in total. The summed E-state index contributed by atoms with van der Waals surface area (Å²) in [5.74, 6) is 0.728. The number of rotatable bonds is 2. The Labute approximate surface area is 118 Å². The Kier molecular flexibility index (Phi) is 4.48. The highest BCUT2D eigenvalue weighted by Crippen LogP contribution is 2.44. The standard InChI is InChI=1S/C17H31NO/c18-16-8-4-1-3-7-14(16)13-15-9-12-17(19-15)10-5-2-6-11-17/h14-16H,1-13,18H2. The van der Waals surface area contributed by atoms with E-state index < -0.39 is 0 Å². The zero-order valence-corrected chi connectivity index (χ0v) is 12.4. The lowest BCUT2D eigenvalue weighted by molar-refractivity contribution is -0.0708. The zero-order valence-electron chi connectivity index (χ0n) is 12.4. The fraction of sp³-hybridized carbons (Fsp3) is 1.00. The van der Waals surface area contributed by atoms with Gasteiger partial charge in [0.25, 0.3) is 0 Å². The lowest BCUT2D eigenvalue weighted by atomic mass is 9.82. The molecule has 1 spiro atoms. The van der Waals surface area contributed by atoms with Crippen LogP contribution in [-0.2, 0) is 4.74 Å². The summed E-state index contributed by atoms with van der Waals surface area (Å²) in [6.07, 6.45) is 17.9. The minimum atomic E-state index is 0.289. The van der Waals surface area contributed by atoms with Crippen molar-refractivity contribution in [3.8, 4) is 0 Å². The molecule has 3 fully saturated rings. The van der Waals surface area contributed by atoms with Gasteiger partial charge in [-0.15, -0.1) is 0 Å². The van der Waals surface area contributed by atoms with Crippen LogP contribution in [0.25, 0.3) is 0 Å². The maximum absolute atomic E-state index is 6.53. The third-order valence-electron chi connectivity index (χ3n) is 5.89. The van der Waals surface area contributed by atoms with E-state index in [0.29, 0.717) is 12.1 Å². The van der Waals surface area contributed by atoms with E-state index in [4.69, 9.17) is 10.5 Å². The lowest BCUT2D eigenvalue weighted by Gasteiger charge is -2.34. The molecule has 110 valence electrons. The highest BCUT2D eigenvalue weighted by Gasteiger charge is 2.41. The monoisotopic (exact) mass is 265 g/mol. The van der Waals surface area contributed by atoms with Gasteiger partial charge >= 0.3 is 0 Å². The van der Waals surface area contributed by atoms with Gasteiger partial charge in [-0.05, 0) is 50.9 Å². The molecule has 0 bridgehead atoms. The summed E-state index contributed by atoms with van der Waals surface area (Å²) in [5, 5.41) is 0. The highest BCUT2D eigenvalue weighted by atomic mass is 16.5. The molecule has 3 rings (SSSR count). The van der Waals surface area contributed by atoms with Crippen molar-refractivity contribution in [3.05, 3.63) is 0 Å². The fourth-order valence-electron chi connectivity index (χ4n) is 4.67. The third-order valence-corrected chi connectivity index (χ3v) is 5.89. The van der Waals surface area contributed by atoms with Crippen LogP contribution in [0.4, 0.5) is 0 Å². The summed E-state index contributed by atoms with van der Waals surface area (Å²) in [5.41, 5.74) is 6.66. The first-order chi connectivity index (χ1) is 9.27. The minimum absolute atomic E-state index is 0.289. The Morgan fingerprint density at radius 1 is 0.842 bits per heavy atom. The van der Waals surface area contributed by atoms with Gasteiger partial charge in [0.05, 0.1) is 11.7 Å². The van der Waals surface area contributed by atoms with Gasteiger partial charge in [-0.25, -0.2) is 0 Å². The number of ether oxygens (including phenoxy) is 1. The van der Waals surface area contributed by atoms with Crippen molar-refractivity contribution in [3.63, 3.8) is 0 Å². The van der Waals surface area contributed by atoms with Gasteiger partial charge in [-0.3, -0.25) is 0 Å². The first-order valence-corrected chi connectivity index (χ1v) is 8.71. The molecule has 0 radical (unpaired) electrons. The van der Waals surface area contributed by atoms with Crippen LogP contribution in [0.1, 0.15) is 83.5 Å². The van der Waals surface area contributed by atoms with Crippen molar-refractivity contribution in [1.29, 1.82) is 0 Å². The van der Waals surface area contributed by atoms with E-state index in [2.05, 4.69) is 0 Å². The van der Waals surface area contributed by atoms with E-state index in [9.17, 15) is 0 Å². The summed E-state index contributed by atoms with van der Waals surface area (Å²) in [7, 11) is 0. The second-order valence-corrected chi connectivity index (χ2v) is 7.32. The van der Waals surface area contributed by atoms with E-state index in [1.165, 1.54) is 83.5 Å². The molecule has 19 heavy (non-hydrogen) atoms. The summed E-state index contributed by atoms with van der Waals surface area (Å²) in [4.78, 5) is 0. The van der Waals surface area contributed by atoms with Crippen molar-refractivity contribution < 1.29 is 4.74 Å². The molecule has 1 heterocycles. The molecule has 2 saturated carbocycles. The first kappa shape index (κ1) is 13.9. The Balaban J connectivity index is 1.53. The van der Waals surface area contributed by atoms with Gasteiger partial charge < -0.3 is 10.5 Å². The van der Waals surface area contributed by atoms with Crippen molar-refractivity contribution in [2.24, 2.45) is 11.7 Å². The van der Waals surface area contributed by atoms with Crippen LogP contribution in [0.2, 0.25) is 0 Å². The van der Waals surface area contributed by atoms with Crippen LogP contribution >= 0.6 is 0 Å². The van der Waals surface area contributed by atoms with Gasteiger partial charge in [-0.1, -0.05) is 38.5 Å². The van der Waals surface area contributed by atoms with Crippen LogP contribution in [0, 0.1) is 5.92 Å². The molecule has 2 nitrogen and oxygen atoms in total. The molecule has 1 aliphatic heterocycles. The average molecular weight is 265 g/mol. The van der Waals surface area contributed by atoms with Crippen molar-refractivity contribution >= 4 is 0 Å². The first-order valence-electron chi connectivity index (χ1n) is 8.71. The molecule has 3 unspecified atom stereocenters. The maximum atomic E-state index is 6.53. The van der Waals surface area contributed by atoms with Gasteiger partial charge in [0.1, 0.15) is 0 Å². The molecular weight excluding hydrogens is 234 g/mol. The molecule has 3 aliphatic rings. The second kappa shape index (κ2) is 6.13. The number of nitrogens with two attached hydrogens (primary N) is 1. The van der Waals surface area contributed by atoms with E-state index in [1.807, 2.05) is 0 Å². The quantitative estimate of drug-likeness (QED) is 0.761. The lowest BCUT2D eigenvalue weighted by Crippen LogP contribution is -2.34. The van der Waals surface area contributed by atoms with Crippen molar-refractivity contribution in [1.82, 2.24) is 0 Å². The summed E-state index contributed by atoms with van der Waals surface area (Å²) < 4.78 is 6.53. The highest BCUT2D eigenvalue weighted by molar-refractivity contribution is 4.92. The molecule has 2 heteroatoms. The van der Waals surface area contributed by atoms with Crippen LogP contribution in [0.15, 0.2) is 0 Å². The van der Waals surface area contributed by atoms with Gasteiger partial charge in [0, 0.05) is 6.04 Å². The fourth-order valence-corrected chi connectivity index (χ4v) is 4.67. The van der Waals surface area contributed by atoms with Crippen LogP contribution in [0.3, 0.4) is 0 Å². The normalized spacial score (nSPS) is 39.3. The molecule has 0 amide bonds. The van der Waals surface area contributed by atoms with Gasteiger partial charge in [0.2, 0.25) is 0 Å². The third kappa shape index (κ3) is 3.33. The largest absolute Gasteiger partial charge is 0.372 e. The van der Waals surface area contributed by atoms with E-state index in [-0.39, 0.29) is 5.60 Å². The average Bonchev–Trinajstić information content (AvgIpc) is 2.68. The summed E-state index contributed by atoms with van der Waals surface area (Å²) in [6.45, 7) is 0. The molecule has 3 atom stereocenters. The van der Waals surface area contributed by atoms with Crippen LogP contribution < -0.4 is 5.73 Å². The SMILES string of the molecule is NC1CCCCCC1CC1CCC2(CCCCC2)O1. The van der Waals surface area contributed by atoms with E-state index in [1.54, 1.807) is 0 Å². The molecule has 0 aromatic carbocycles. The Morgan fingerprint density at radius 3 is 2.42 bits per heavy atom. The Bertz CT molecular complexity index is 285. The summed E-state index contributed by atoms with van der Waals surface area (Å²) >= 11 is 0. The van der Waals surface area contributed by atoms with Crippen LogP contribution in [-0.4, -0.2) is 17.7 Å². The minimum Gasteiger partial charge on any atom is -0.372 e. The topological polar surface area (TPSA) is 35.2 Å². The van der Waals surface area contributed by atoms with Gasteiger partial charge in [-0.2, -0.15) is 0 Å². The smallest absolute Gasteiger partial charge is 0.0687 e. The van der Waals surface area contributed by atoms with Gasteiger partial charge in [0.15, 0.2) is 0 Å². The zero-order chi connectivity index (χ0) is 13.1. The van der Waals surface area contributed by atoms with Crippen LogP contribution in [0.5, 0.6) is 0 Å². The second-order valence-electron chi connectivity index (χ2n) is 7.32. The van der Waals surface area contributed by atoms with E-state index >= 15 is 0 Å². The van der Waals surface area contributed by atoms with E-state index in [0.717, 1.165) is 5.92 Å². The maximum Gasteiger partial charge on any atom is 0.0687 e. The number of hydrogen-bond acceptors (Lipinski definition) is 2. The molecule has 0 aromatic rings.